The van der Waals surface area contributed by atoms with Crippen LogP contribution in [0.2, 0.25) is 10.3 Å². The Hall–Kier alpha value is -2.24. The van der Waals surface area contributed by atoms with Crippen LogP contribution in [0.25, 0.3) is 10.9 Å². The number of rotatable bonds is 4. The molecule has 0 aliphatic carbocycles. The smallest absolute Gasteiger partial charge is 0.224 e. The summed E-state index contributed by atoms with van der Waals surface area (Å²) in [4.78, 5) is 8.59. The maximum Gasteiger partial charge on any atom is 0.224 e. The Labute approximate surface area is 155 Å². The van der Waals surface area contributed by atoms with E-state index >= 15 is 0 Å². The van der Waals surface area contributed by atoms with Crippen molar-refractivity contribution in [2.75, 3.05) is 19.5 Å². The molecule has 3 rings (SSSR count). The summed E-state index contributed by atoms with van der Waals surface area (Å²) < 4.78 is 10.7. The van der Waals surface area contributed by atoms with Crippen LogP contribution in [-0.4, -0.2) is 24.2 Å². The molecule has 2 aromatic carbocycles. The number of aromatic nitrogens is 2. The number of benzene rings is 2. The van der Waals surface area contributed by atoms with Gasteiger partial charge < -0.3 is 14.8 Å². The lowest BCUT2D eigenvalue weighted by molar-refractivity contribution is 0.356. The van der Waals surface area contributed by atoms with Crippen LogP contribution in [0.15, 0.2) is 24.3 Å². The van der Waals surface area contributed by atoms with Crippen LogP contribution in [0.3, 0.4) is 0 Å². The molecule has 0 fully saturated rings. The second-order valence-corrected chi connectivity index (χ2v) is 6.37. The number of nitrogens with zero attached hydrogens (tertiary/aromatic N) is 2. The highest BCUT2D eigenvalue weighted by Gasteiger charge is 2.15. The SMILES string of the molecule is COc1cc2nc(Cl)nc(Nc3c(C)cc(C)cc3Cl)c2cc1OC. The highest BCUT2D eigenvalue weighted by Crippen LogP contribution is 2.37. The predicted molar refractivity (Wildman–Crippen MR) is 102 cm³/mol. The topological polar surface area (TPSA) is 56.3 Å². The number of hydrogen-bond acceptors (Lipinski definition) is 5. The number of nitrogens with one attached hydrogen (secondary N) is 1. The zero-order valence-electron chi connectivity index (χ0n) is 14.3. The molecule has 0 aliphatic rings. The lowest BCUT2D eigenvalue weighted by atomic mass is 10.1. The van der Waals surface area contributed by atoms with Gasteiger partial charge in [-0.3, -0.25) is 0 Å². The summed E-state index contributed by atoms with van der Waals surface area (Å²) in [7, 11) is 3.15. The van der Waals surface area contributed by atoms with Gasteiger partial charge in [-0.2, -0.15) is 4.98 Å². The van der Waals surface area contributed by atoms with Crippen LogP contribution in [0, 0.1) is 13.8 Å². The average molecular weight is 378 g/mol. The van der Waals surface area contributed by atoms with E-state index in [2.05, 4.69) is 15.3 Å². The minimum atomic E-state index is 0.128. The fraction of sp³-hybridized carbons (Fsp3) is 0.222. The van der Waals surface area contributed by atoms with Crippen molar-refractivity contribution in [1.82, 2.24) is 9.97 Å². The molecule has 1 N–H and O–H groups in total. The highest BCUT2D eigenvalue weighted by molar-refractivity contribution is 6.33. The van der Waals surface area contributed by atoms with Gasteiger partial charge >= 0.3 is 0 Å². The summed E-state index contributed by atoms with van der Waals surface area (Å²) in [5, 5.41) is 4.76. The lowest BCUT2D eigenvalue weighted by Crippen LogP contribution is -2.01. The van der Waals surface area contributed by atoms with E-state index in [-0.39, 0.29) is 5.28 Å². The monoisotopic (exact) mass is 377 g/mol. The fourth-order valence-electron chi connectivity index (χ4n) is 2.72. The van der Waals surface area contributed by atoms with Crippen LogP contribution >= 0.6 is 23.2 Å². The van der Waals surface area contributed by atoms with Crippen molar-refractivity contribution >= 4 is 45.6 Å². The summed E-state index contributed by atoms with van der Waals surface area (Å²) >= 11 is 12.5. The van der Waals surface area contributed by atoms with Gasteiger partial charge in [0.15, 0.2) is 11.5 Å². The van der Waals surface area contributed by atoms with E-state index in [9.17, 15) is 0 Å². The van der Waals surface area contributed by atoms with Crippen molar-refractivity contribution in [3.05, 3.63) is 45.7 Å². The van der Waals surface area contributed by atoms with Crippen molar-refractivity contribution in [2.24, 2.45) is 0 Å². The van der Waals surface area contributed by atoms with Crippen LogP contribution < -0.4 is 14.8 Å². The zero-order valence-corrected chi connectivity index (χ0v) is 15.8. The molecule has 1 heterocycles. The van der Waals surface area contributed by atoms with E-state index in [0.717, 1.165) is 22.2 Å². The largest absolute Gasteiger partial charge is 0.493 e. The first-order chi connectivity index (χ1) is 11.9. The first-order valence-electron chi connectivity index (χ1n) is 7.56. The van der Waals surface area contributed by atoms with Crippen molar-refractivity contribution < 1.29 is 9.47 Å². The van der Waals surface area contributed by atoms with Gasteiger partial charge in [-0.15, -0.1) is 0 Å². The molecule has 7 heteroatoms. The van der Waals surface area contributed by atoms with Crippen LogP contribution in [-0.2, 0) is 0 Å². The van der Waals surface area contributed by atoms with Crippen LogP contribution in [0.5, 0.6) is 11.5 Å². The van der Waals surface area contributed by atoms with Crippen LogP contribution in [0.1, 0.15) is 11.1 Å². The molecule has 5 nitrogen and oxygen atoms in total. The fourth-order valence-corrected chi connectivity index (χ4v) is 3.26. The molecule has 0 amide bonds. The number of aryl methyl sites for hydroxylation is 2. The summed E-state index contributed by atoms with van der Waals surface area (Å²) in [5.74, 6) is 1.70. The summed E-state index contributed by atoms with van der Waals surface area (Å²) in [6, 6.07) is 7.51. The number of anilines is 2. The maximum absolute atomic E-state index is 6.40. The minimum absolute atomic E-state index is 0.128. The second kappa shape index (κ2) is 6.94. The van der Waals surface area contributed by atoms with Gasteiger partial charge in [-0.1, -0.05) is 17.7 Å². The van der Waals surface area contributed by atoms with E-state index < -0.39 is 0 Å². The molecule has 25 heavy (non-hydrogen) atoms. The zero-order chi connectivity index (χ0) is 18.1. The molecule has 130 valence electrons. The Balaban J connectivity index is 2.19. The Morgan fingerprint density at radius 2 is 1.60 bits per heavy atom. The second-order valence-electron chi connectivity index (χ2n) is 5.63. The lowest BCUT2D eigenvalue weighted by Gasteiger charge is -2.15. The van der Waals surface area contributed by atoms with Crippen molar-refractivity contribution in [3.63, 3.8) is 0 Å². The number of hydrogen-bond donors (Lipinski definition) is 1. The van der Waals surface area contributed by atoms with E-state index in [1.165, 1.54) is 0 Å². The predicted octanol–water partition coefficient (Wildman–Crippen LogP) is 5.31. The number of fused-ring (bicyclic) bond motifs is 1. The highest BCUT2D eigenvalue weighted by atomic mass is 35.5. The first-order valence-corrected chi connectivity index (χ1v) is 8.31. The first kappa shape index (κ1) is 17.6. The van der Waals surface area contributed by atoms with Gasteiger partial charge in [0.1, 0.15) is 5.82 Å². The van der Waals surface area contributed by atoms with E-state index in [1.54, 1.807) is 20.3 Å². The Morgan fingerprint density at radius 1 is 0.920 bits per heavy atom. The molecule has 0 atom stereocenters. The average Bonchev–Trinajstić information content (AvgIpc) is 2.56. The van der Waals surface area contributed by atoms with E-state index in [0.29, 0.717) is 27.9 Å². The Morgan fingerprint density at radius 3 is 2.24 bits per heavy atom. The third-order valence-corrected chi connectivity index (χ3v) is 4.32. The third kappa shape index (κ3) is 3.43. The van der Waals surface area contributed by atoms with Crippen molar-refractivity contribution in [2.45, 2.75) is 13.8 Å². The molecule has 0 saturated heterocycles. The molecule has 0 saturated carbocycles. The van der Waals surface area contributed by atoms with Gasteiger partial charge in [0.05, 0.1) is 30.4 Å². The maximum atomic E-state index is 6.40. The normalized spacial score (nSPS) is 10.8. The molecular weight excluding hydrogens is 361 g/mol. The van der Waals surface area contributed by atoms with E-state index in [4.69, 9.17) is 32.7 Å². The Bertz CT molecular complexity index is 938. The van der Waals surface area contributed by atoms with E-state index in [1.807, 2.05) is 32.0 Å². The minimum Gasteiger partial charge on any atom is -0.493 e. The summed E-state index contributed by atoms with van der Waals surface area (Å²) in [6.07, 6.45) is 0. The molecule has 3 aromatic rings. The summed E-state index contributed by atoms with van der Waals surface area (Å²) in [5.41, 5.74) is 3.51. The van der Waals surface area contributed by atoms with Crippen LogP contribution in [0.4, 0.5) is 11.5 Å². The molecule has 0 bridgehead atoms. The van der Waals surface area contributed by atoms with Gasteiger partial charge in [0.25, 0.3) is 0 Å². The van der Waals surface area contributed by atoms with Gasteiger partial charge in [-0.05, 0) is 48.7 Å². The quantitative estimate of drug-likeness (QED) is 0.623. The standard InChI is InChI=1S/C18H17Cl2N3O2/c1-9-5-10(2)16(12(19)6-9)22-17-11-7-14(24-3)15(25-4)8-13(11)21-18(20)23-17/h5-8H,1-4H3,(H,21,22,23). The van der Waals surface area contributed by atoms with Gasteiger partial charge in [0, 0.05) is 11.5 Å². The molecule has 0 spiro atoms. The molecule has 0 aliphatic heterocycles. The molecule has 1 aromatic heterocycles. The number of halogens is 2. The third-order valence-electron chi connectivity index (χ3n) is 3.85. The van der Waals surface area contributed by atoms with Crippen molar-refractivity contribution in [3.8, 4) is 11.5 Å². The Kier molecular flexibility index (Phi) is 4.88. The van der Waals surface area contributed by atoms with Gasteiger partial charge in [0.2, 0.25) is 5.28 Å². The van der Waals surface area contributed by atoms with Crippen molar-refractivity contribution in [1.29, 1.82) is 0 Å². The molecular formula is C18H17Cl2N3O2. The van der Waals surface area contributed by atoms with Gasteiger partial charge in [-0.25, -0.2) is 4.98 Å². The molecule has 0 radical (unpaired) electrons. The number of ether oxygens (including phenoxy) is 2. The molecule has 0 unspecified atom stereocenters. The number of methoxy groups -OCH3 is 2. The summed E-state index contributed by atoms with van der Waals surface area (Å²) in [6.45, 7) is 3.98.